The molecule has 0 unspecified atom stereocenters. The van der Waals surface area contributed by atoms with E-state index in [1.807, 2.05) is 17.8 Å². The number of nitrogens with one attached hydrogen (secondary N) is 1. The van der Waals surface area contributed by atoms with E-state index in [0.717, 1.165) is 6.54 Å². The zero-order valence-electron chi connectivity index (χ0n) is 9.92. The predicted molar refractivity (Wildman–Crippen MR) is 71.8 cm³/mol. The summed E-state index contributed by atoms with van der Waals surface area (Å²) in [5.41, 5.74) is 1.22. The molecular weight excluding hydrogens is 202 g/mol. The van der Waals surface area contributed by atoms with Gasteiger partial charge in [-0.15, -0.1) is 0 Å². The summed E-state index contributed by atoms with van der Waals surface area (Å²) in [5.74, 6) is 1.23. The number of anilines is 1. The van der Waals surface area contributed by atoms with Crippen LogP contribution in [0.4, 0.5) is 5.69 Å². The molecular formula is C13H21NS. The maximum Gasteiger partial charge on any atom is 0.0340 e. The van der Waals surface area contributed by atoms with Crippen LogP contribution in [0.2, 0.25) is 0 Å². The first-order valence-corrected chi connectivity index (χ1v) is 6.49. The summed E-state index contributed by atoms with van der Waals surface area (Å²) in [4.78, 5) is 0. The average molecular weight is 223 g/mol. The smallest absolute Gasteiger partial charge is 0.0340 e. The highest BCUT2D eigenvalue weighted by molar-refractivity contribution is 8.00. The maximum atomic E-state index is 3.42. The van der Waals surface area contributed by atoms with Crippen molar-refractivity contribution >= 4 is 17.4 Å². The van der Waals surface area contributed by atoms with Gasteiger partial charge in [0.1, 0.15) is 0 Å². The SMILES string of the molecule is CC(C)(C)SCCCNc1ccccc1. The van der Waals surface area contributed by atoms with Crippen LogP contribution in [-0.4, -0.2) is 17.0 Å². The van der Waals surface area contributed by atoms with Gasteiger partial charge in [-0.2, -0.15) is 11.8 Å². The topological polar surface area (TPSA) is 12.0 Å². The van der Waals surface area contributed by atoms with Crippen molar-refractivity contribution in [2.75, 3.05) is 17.6 Å². The molecule has 1 N–H and O–H groups in total. The van der Waals surface area contributed by atoms with E-state index in [0.29, 0.717) is 4.75 Å². The predicted octanol–water partition coefficient (Wildman–Crippen LogP) is 4.02. The zero-order chi connectivity index (χ0) is 11.1. The van der Waals surface area contributed by atoms with Gasteiger partial charge in [0.05, 0.1) is 0 Å². The molecule has 15 heavy (non-hydrogen) atoms. The maximum absolute atomic E-state index is 3.42. The second kappa shape index (κ2) is 6.06. The third-order valence-corrected chi connectivity index (χ3v) is 3.32. The molecule has 1 nitrogen and oxygen atoms in total. The molecule has 0 fully saturated rings. The molecule has 0 aromatic heterocycles. The molecule has 0 aliphatic carbocycles. The van der Waals surface area contributed by atoms with Crippen LogP contribution in [0.25, 0.3) is 0 Å². The number of benzene rings is 1. The molecule has 0 spiro atoms. The molecule has 0 aliphatic heterocycles. The van der Waals surface area contributed by atoms with Crippen LogP contribution in [0.5, 0.6) is 0 Å². The Kier molecular flexibility index (Phi) is 5.03. The molecule has 0 aliphatic rings. The summed E-state index contributed by atoms with van der Waals surface area (Å²) in [6.07, 6.45) is 1.22. The van der Waals surface area contributed by atoms with E-state index in [2.05, 4.69) is 50.4 Å². The lowest BCUT2D eigenvalue weighted by Gasteiger charge is -2.17. The average Bonchev–Trinajstić information content (AvgIpc) is 2.17. The molecule has 0 amide bonds. The van der Waals surface area contributed by atoms with E-state index in [9.17, 15) is 0 Å². The van der Waals surface area contributed by atoms with E-state index in [4.69, 9.17) is 0 Å². The fraction of sp³-hybridized carbons (Fsp3) is 0.538. The Balaban J connectivity index is 2.08. The summed E-state index contributed by atoms with van der Waals surface area (Å²) in [5, 5.41) is 3.42. The van der Waals surface area contributed by atoms with E-state index in [-0.39, 0.29) is 0 Å². The van der Waals surface area contributed by atoms with Crippen molar-refractivity contribution in [3.05, 3.63) is 30.3 Å². The number of rotatable bonds is 5. The number of hydrogen-bond acceptors (Lipinski definition) is 2. The Morgan fingerprint density at radius 3 is 2.40 bits per heavy atom. The molecule has 1 rings (SSSR count). The van der Waals surface area contributed by atoms with Crippen LogP contribution in [0.15, 0.2) is 30.3 Å². The fourth-order valence-electron chi connectivity index (χ4n) is 1.24. The summed E-state index contributed by atoms with van der Waals surface area (Å²) in [6, 6.07) is 10.4. The molecule has 0 saturated heterocycles. The van der Waals surface area contributed by atoms with Crippen LogP contribution in [0, 0.1) is 0 Å². The molecule has 0 radical (unpaired) electrons. The Morgan fingerprint density at radius 1 is 1.13 bits per heavy atom. The lowest BCUT2D eigenvalue weighted by molar-refractivity contribution is 0.799. The Labute approximate surface area is 97.7 Å². The second-order valence-electron chi connectivity index (χ2n) is 4.61. The van der Waals surface area contributed by atoms with Crippen LogP contribution in [0.3, 0.4) is 0 Å². The molecule has 1 aromatic rings. The minimum Gasteiger partial charge on any atom is -0.385 e. The minimum absolute atomic E-state index is 0.396. The van der Waals surface area contributed by atoms with Crippen molar-refractivity contribution in [2.24, 2.45) is 0 Å². The van der Waals surface area contributed by atoms with Gasteiger partial charge in [0, 0.05) is 17.0 Å². The van der Waals surface area contributed by atoms with Crippen molar-refractivity contribution in [3.8, 4) is 0 Å². The van der Waals surface area contributed by atoms with Crippen molar-refractivity contribution in [2.45, 2.75) is 31.9 Å². The van der Waals surface area contributed by atoms with E-state index in [1.165, 1.54) is 17.9 Å². The first-order valence-electron chi connectivity index (χ1n) is 5.51. The minimum atomic E-state index is 0.396. The van der Waals surface area contributed by atoms with Crippen molar-refractivity contribution in [3.63, 3.8) is 0 Å². The quantitative estimate of drug-likeness (QED) is 0.757. The summed E-state index contributed by atoms with van der Waals surface area (Å²) < 4.78 is 0.396. The molecule has 0 heterocycles. The van der Waals surface area contributed by atoms with E-state index >= 15 is 0 Å². The van der Waals surface area contributed by atoms with Crippen LogP contribution in [0.1, 0.15) is 27.2 Å². The number of para-hydroxylation sites is 1. The highest BCUT2D eigenvalue weighted by Gasteiger charge is 2.08. The standard InChI is InChI=1S/C13H21NS/c1-13(2,3)15-11-7-10-14-12-8-5-4-6-9-12/h4-6,8-9,14H,7,10-11H2,1-3H3. The molecule has 2 heteroatoms. The highest BCUT2D eigenvalue weighted by Crippen LogP contribution is 2.23. The lowest BCUT2D eigenvalue weighted by Crippen LogP contribution is -2.10. The second-order valence-corrected chi connectivity index (χ2v) is 6.53. The summed E-state index contributed by atoms with van der Waals surface area (Å²) in [7, 11) is 0. The van der Waals surface area contributed by atoms with Gasteiger partial charge in [-0.3, -0.25) is 0 Å². The van der Waals surface area contributed by atoms with Gasteiger partial charge < -0.3 is 5.32 Å². The lowest BCUT2D eigenvalue weighted by atomic mass is 10.3. The van der Waals surface area contributed by atoms with E-state index < -0.39 is 0 Å². The first kappa shape index (κ1) is 12.4. The summed E-state index contributed by atoms with van der Waals surface area (Å²) in [6.45, 7) is 7.86. The number of hydrogen-bond donors (Lipinski definition) is 1. The third kappa shape index (κ3) is 6.45. The Morgan fingerprint density at radius 2 is 1.80 bits per heavy atom. The van der Waals surface area contributed by atoms with Crippen LogP contribution >= 0.6 is 11.8 Å². The van der Waals surface area contributed by atoms with Gasteiger partial charge in [0.15, 0.2) is 0 Å². The number of thioether (sulfide) groups is 1. The highest BCUT2D eigenvalue weighted by atomic mass is 32.2. The Bertz CT molecular complexity index is 264. The molecule has 0 bridgehead atoms. The molecule has 84 valence electrons. The van der Waals surface area contributed by atoms with Crippen LogP contribution < -0.4 is 5.32 Å². The van der Waals surface area contributed by atoms with Gasteiger partial charge >= 0.3 is 0 Å². The normalized spacial score (nSPS) is 11.4. The molecule has 0 atom stereocenters. The van der Waals surface area contributed by atoms with Gasteiger partial charge in [0.2, 0.25) is 0 Å². The van der Waals surface area contributed by atoms with Crippen molar-refractivity contribution in [1.29, 1.82) is 0 Å². The first-order chi connectivity index (χ1) is 7.08. The fourth-order valence-corrected chi connectivity index (χ4v) is 2.14. The third-order valence-electron chi connectivity index (χ3n) is 1.96. The monoisotopic (exact) mass is 223 g/mol. The Hall–Kier alpha value is -0.630. The molecule has 0 saturated carbocycles. The largest absolute Gasteiger partial charge is 0.385 e. The zero-order valence-corrected chi connectivity index (χ0v) is 10.7. The van der Waals surface area contributed by atoms with Crippen molar-refractivity contribution in [1.82, 2.24) is 0 Å². The van der Waals surface area contributed by atoms with E-state index in [1.54, 1.807) is 0 Å². The van der Waals surface area contributed by atoms with Gasteiger partial charge in [-0.25, -0.2) is 0 Å². The molecule has 1 aromatic carbocycles. The van der Waals surface area contributed by atoms with Gasteiger partial charge in [-0.1, -0.05) is 39.0 Å². The van der Waals surface area contributed by atoms with Crippen molar-refractivity contribution < 1.29 is 0 Å². The van der Waals surface area contributed by atoms with Gasteiger partial charge in [-0.05, 0) is 24.3 Å². The van der Waals surface area contributed by atoms with Crippen LogP contribution in [-0.2, 0) is 0 Å². The van der Waals surface area contributed by atoms with Gasteiger partial charge in [0.25, 0.3) is 0 Å². The summed E-state index contributed by atoms with van der Waals surface area (Å²) >= 11 is 2.03.